The maximum absolute atomic E-state index is 11.7. The van der Waals surface area contributed by atoms with Gasteiger partial charge in [0, 0.05) is 23.1 Å². The maximum atomic E-state index is 11.7. The highest BCUT2D eigenvalue weighted by molar-refractivity contribution is 7.99. The summed E-state index contributed by atoms with van der Waals surface area (Å²) in [6.45, 7) is 0. The Labute approximate surface area is 128 Å². The van der Waals surface area contributed by atoms with Crippen LogP contribution in [-0.2, 0) is 9.59 Å². The van der Waals surface area contributed by atoms with Crippen molar-refractivity contribution in [2.45, 2.75) is 30.2 Å². The van der Waals surface area contributed by atoms with Crippen molar-refractivity contribution < 1.29 is 19.4 Å². The molecule has 2 rings (SSSR count). The zero-order chi connectivity index (χ0) is 15.2. The Morgan fingerprint density at radius 1 is 1.33 bits per heavy atom. The number of thioether (sulfide) groups is 1. The van der Waals surface area contributed by atoms with E-state index < -0.39 is 5.97 Å². The van der Waals surface area contributed by atoms with E-state index in [2.05, 4.69) is 5.32 Å². The number of carboxylic acid groups (broad SMARTS) is 1. The number of aliphatic carboxylic acids is 1. The van der Waals surface area contributed by atoms with E-state index in [1.807, 2.05) is 24.3 Å². The van der Waals surface area contributed by atoms with Crippen LogP contribution in [0.25, 0.3) is 0 Å². The first-order valence-corrected chi connectivity index (χ1v) is 7.86. The summed E-state index contributed by atoms with van der Waals surface area (Å²) in [5.41, 5.74) is 0. The summed E-state index contributed by atoms with van der Waals surface area (Å²) in [5.74, 6) is 0.451. The number of carbonyl (C=O) groups is 2. The quantitative estimate of drug-likeness (QED) is 0.755. The normalized spacial score (nSPS) is 20.4. The van der Waals surface area contributed by atoms with Gasteiger partial charge in [0.25, 0.3) is 0 Å². The molecule has 0 aliphatic heterocycles. The Morgan fingerprint density at radius 2 is 2.00 bits per heavy atom. The largest absolute Gasteiger partial charge is 0.497 e. The SMILES string of the molecule is COc1ccc(SCCC(=O)NC2CC(C(=O)O)C2)cc1. The summed E-state index contributed by atoms with van der Waals surface area (Å²) in [6, 6.07) is 7.74. The van der Waals surface area contributed by atoms with Gasteiger partial charge in [-0.15, -0.1) is 11.8 Å². The predicted octanol–water partition coefficient (Wildman–Crippen LogP) is 2.16. The molecule has 2 N–H and O–H groups in total. The van der Waals surface area contributed by atoms with Gasteiger partial charge in [-0.3, -0.25) is 9.59 Å². The van der Waals surface area contributed by atoms with E-state index in [4.69, 9.17) is 9.84 Å². The number of rotatable bonds is 7. The minimum atomic E-state index is -0.768. The molecule has 21 heavy (non-hydrogen) atoms. The minimum absolute atomic E-state index is 0.00940. The lowest BCUT2D eigenvalue weighted by Crippen LogP contribution is -2.46. The fraction of sp³-hybridized carbons (Fsp3) is 0.467. The second-order valence-corrected chi connectivity index (χ2v) is 6.21. The molecule has 0 atom stereocenters. The second-order valence-electron chi connectivity index (χ2n) is 5.04. The first-order valence-electron chi connectivity index (χ1n) is 6.87. The highest BCUT2D eigenvalue weighted by Crippen LogP contribution is 2.27. The third-order valence-electron chi connectivity index (χ3n) is 3.51. The zero-order valence-electron chi connectivity index (χ0n) is 11.9. The number of carbonyl (C=O) groups excluding carboxylic acids is 1. The Balaban J connectivity index is 1.62. The molecule has 0 radical (unpaired) electrons. The summed E-state index contributed by atoms with van der Waals surface area (Å²) >= 11 is 1.62. The van der Waals surface area contributed by atoms with Crippen LogP contribution in [0.15, 0.2) is 29.2 Å². The van der Waals surface area contributed by atoms with Crippen LogP contribution in [-0.4, -0.2) is 35.9 Å². The first kappa shape index (κ1) is 15.7. The van der Waals surface area contributed by atoms with Crippen molar-refractivity contribution in [2.75, 3.05) is 12.9 Å². The van der Waals surface area contributed by atoms with E-state index >= 15 is 0 Å². The number of methoxy groups -OCH3 is 1. The second kappa shape index (κ2) is 7.36. The van der Waals surface area contributed by atoms with Gasteiger partial charge in [0.2, 0.25) is 5.91 Å². The Bertz CT molecular complexity index is 497. The summed E-state index contributed by atoms with van der Waals surface area (Å²) in [4.78, 5) is 23.5. The molecule has 0 heterocycles. The molecular weight excluding hydrogens is 290 g/mol. The molecule has 1 aromatic rings. The zero-order valence-corrected chi connectivity index (χ0v) is 12.7. The van der Waals surface area contributed by atoms with Crippen LogP contribution in [0, 0.1) is 5.92 Å². The molecule has 1 aliphatic carbocycles. The molecule has 6 heteroatoms. The smallest absolute Gasteiger partial charge is 0.306 e. The molecule has 5 nitrogen and oxygen atoms in total. The number of ether oxygens (including phenoxy) is 1. The number of nitrogens with one attached hydrogen (secondary N) is 1. The Hall–Kier alpha value is -1.69. The van der Waals surface area contributed by atoms with Crippen molar-refractivity contribution in [3.05, 3.63) is 24.3 Å². The van der Waals surface area contributed by atoms with Gasteiger partial charge >= 0.3 is 5.97 Å². The molecule has 0 aromatic heterocycles. The van der Waals surface area contributed by atoms with Crippen LogP contribution in [0.4, 0.5) is 0 Å². The van der Waals surface area contributed by atoms with E-state index in [0.717, 1.165) is 10.6 Å². The number of amides is 1. The van der Waals surface area contributed by atoms with Crippen LogP contribution in [0.5, 0.6) is 5.75 Å². The van der Waals surface area contributed by atoms with Crippen molar-refractivity contribution in [1.82, 2.24) is 5.32 Å². The molecule has 1 aromatic carbocycles. The third-order valence-corrected chi connectivity index (χ3v) is 4.52. The third kappa shape index (κ3) is 4.67. The summed E-state index contributed by atoms with van der Waals surface area (Å²) in [5, 5.41) is 11.6. The number of benzene rings is 1. The van der Waals surface area contributed by atoms with Crippen molar-refractivity contribution in [2.24, 2.45) is 5.92 Å². The van der Waals surface area contributed by atoms with E-state index in [1.165, 1.54) is 0 Å². The van der Waals surface area contributed by atoms with E-state index in [0.29, 0.717) is 25.0 Å². The lowest BCUT2D eigenvalue weighted by molar-refractivity contribution is -0.146. The lowest BCUT2D eigenvalue weighted by Gasteiger charge is -2.32. The number of hydrogen-bond acceptors (Lipinski definition) is 4. The molecule has 1 amide bonds. The van der Waals surface area contributed by atoms with Crippen molar-refractivity contribution >= 4 is 23.6 Å². The molecule has 114 valence electrons. The molecule has 1 fully saturated rings. The van der Waals surface area contributed by atoms with Crippen LogP contribution >= 0.6 is 11.8 Å². The maximum Gasteiger partial charge on any atom is 0.306 e. The highest BCUT2D eigenvalue weighted by Gasteiger charge is 2.34. The van der Waals surface area contributed by atoms with Gasteiger partial charge in [-0.05, 0) is 37.1 Å². The predicted molar refractivity (Wildman–Crippen MR) is 80.6 cm³/mol. The van der Waals surface area contributed by atoms with Gasteiger partial charge in [0.1, 0.15) is 5.75 Å². The Kier molecular flexibility index (Phi) is 5.50. The van der Waals surface area contributed by atoms with Crippen molar-refractivity contribution in [3.63, 3.8) is 0 Å². The Morgan fingerprint density at radius 3 is 2.57 bits per heavy atom. The topological polar surface area (TPSA) is 75.6 Å². The molecule has 0 spiro atoms. The van der Waals surface area contributed by atoms with E-state index in [-0.39, 0.29) is 17.9 Å². The first-order chi connectivity index (χ1) is 10.1. The number of carboxylic acids is 1. The van der Waals surface area contributed by atoms with Gasteiger partial charge < -0.3 is 15.2 Å². The molecule has 0 unspecified atom stereocenters. The van der Waals surface area contributed by atoms with Gasteiger partial charge in [-0.25, -0.2) is 0 Å². The number of hydrogen-bond donors (Lipinski definition) is 2. The average molecular weight is 309 g/mol. The fourth-order valence-corrected chi connectivity index (χ4v) is 3.02. The fourth-order valence-electron chi connectivity index (χ4n) is 2.17. The molecule has 0 saturated heterocycles. The minimum Gasteiger partial charge on any atom is -0.497 e. The van der Waals surface area contributed by atoms with E-state index in [9.17, 15) is 9.59 Å². The van der Waals surface area contributed by atoms with Gasteiger partial charge in [0.05, 0.1) is 13.0 Å². The summed E-state index contributed by atoms with van der Waals surface area (Å²) in [7, 11) is 1.63. The van der Waals surface area contributed by atoms with Crippen molar-refractivity contribution in [1.29, 1.82) is 0 Å². The summed E-state index contributed by atoms with van der Waals surface area (Å²) < 4.78 is 5.08. The van der Waals surface area contributed by atoms with Crippen LogP contribution in [0.3, 0.4) is 0 Å². The molecule has 1 saturated carbocycles. The standard InChI is InChI=1S/C15H19NO4S/c1-20-12-2-4-13(5-3-12)21-7-6-14(17)16-11-8-10(9-11)15(18)19/h2-5,10-11H,6-9H2,1H3,(H,16,17)(H,18,19). The molecule has 1 aliphatic rings. The summed E-state index contributed by atoms with van der Waals surface area (Å²) in [6.07, 6.45) is 1.53. The van der Waals surface area contributed by atoms with Crippen LogP contribution in [0.2, 0.25) is 0 Å². The lowest BCUT2D eigenvalue weighted by atomic mass is 9.80. The van der Waals surface area contributed by atoms with Crippen LogP contribution in [0.1, 0.15) is 19.3 Å². The van der Waals surface area contributed by atoms with Gasteiger partial charge in [-0.2, -0.15) is 0 Å². The van der Waals surface area contributed by atoms with Gasteiger partial charge in [-0.1, -0.05) is 0 Å². The van der Waals surface area contributed by atoms with E-state index in [1.54, 1.807) is 18.9 Å². The monoisotopic (exact) mass is 309 g/mol. The average Bonchev–Trinajstić information content (AvgIpc) is 2.42. The molecular formula is C15H19NO4S. The van der Waals surface area contributed by atoms with Crippen molar-refractivity contribution in [3.8, 4) is 5.75 Å². The highest BCUT2D eigenvalue weighted by atomic mass is 32.2. The van der Waals surface area contributed by atoms with Gasteiger partial charge in [0.15, 0.2) is 0 Å². The molecule has 0 bridgehead atoms. The van der Waals surface area contributed by atoms with Crippen LogP contribution < -0.4 is 10.1 Å².